The quantitative estimate of drug-likeness (QED) is 0.566. The summed E-state index contributed by atoms with van der Waals surface area (Å²) in [6.45, 7) is 13.8. The van der Waals surface area contributed by atoms with Crippen molar-refractivity contribution in [2.45, 2.75) is 59.8 Å². The van der Waals surface area contributed by atoms with Crippen molar-refractivity contribution >= 4 is 0 Å². The fraction of sp³-hybridized carbons (Fsp3) is 0.857. The highest BCUT2D eigenvalue weighted by molar-refractivity contribution is 5.08. The lowest BCUT2D eigenvalue weighted by Gasteiger charge is -2.44. The van der Waals surface area contributed by atoms with Gasteiger partial charge in [0.15, 0.2) is 0 Å². The van der Waals surface area contributed by atoms with Crippen LogP contribution >= 0.6 is 0 Å². The molecule has 2 unspecified atom stereocenters. The molecule has 0 aromatic carbocycles. The molecule has 1 rings (SSSR count). The van der Waals surface area contributed by atoms with Crippen molar-refractivity contribution < 1.29 is 0 Å². The van der Waals surface area contributed by atoms with Crippen LogP contribution in [0.5, 0.6) is 0 Å². The first-order valence-corrected chi connectivity index (χ1v) is 6.16. The first kappa shape index (κ1) is 11.8. The normalized spacial score (nSPS) is 31.4. The van der Waals surface area contributed by atoms with E-state index in [1.165, 1.54) is 37.7 Å². The first-order chi connectivity index (χ1) is 6.49. The van der Waals surface area contributed by atoms with E-state index in [0.717, 1.165) is 11.8 Å². The van der Waals surface area contributed by atoms with Gasteiger partial charge in [-0.15, -0.1) is 0 Å². The van der Waals surface area contributed by atoms with E-state index < -0.39 is 0 Å². The van der Waals surface area contributed by atoms with Crippen molar-refractivity contribution in [1.82, 2.24) is 0 Å². The minimum absolute atomic E-state index is 0.490. The standard InChI is InChI=1S/C14H26/c1-6-8-11(2)13-12(3)9-7-10-14(13,4)5/h12-13H,2,6-10H2,1,3-5H3. The van der Waals surface area contributed by atoms with Crippen LogP contribution in [0.3, 0.4) is 0 Å². The molecule has 0 radical (unpaired) electrons. The fourth-order valence-electron chi connectivity index (χ4n) is 3.40. The van der Waals surface area contributed by atoms with Crippen molar-refractivity contribution in [2.75, 3.05) is 0 Å². The molecular formula is C14H26. The van der Waals surface area contributed by atoms with E-state index >= 15 is 0 Å². The molecule has 1 saturated carbocycles. The molecule has 0 bridgehead atoms. The molecule has 1 aliphatic rings. The van der Waals surface area contributed by atoms with Gasteiger partial charge in [0.05, 0.1) is 0 Å². The van der Waals surface area contributed by atoms with Crippen LogP contribution in [0.1, 0.15) is 59.8 Å². The summed E-state index contributed by atoms with van der Waals surface area (Å²) in [6.07, 6.45) is 6.65. The number of rotatable bonds is 3. The molecular weight excluding hydrogens is 168 g/mol. The van der Waals surface area contributed by atoms with E-state index in [4.69, 9.17) is 0 Å². The largest absolute Gasteiger partial charge is 0.0996 e. The lowest BCUT2D eigenvalue weighted by Crippen LogP contribution is -2.34. The van der Waals surface area contributed by atoms with Crippen LogP contribution in [0.25, 0.3) is 0 Å². The third-order valence-corrected chi connectivity index (χ3v) is 3.90. The van der Waals surface area contributed by atoms with E-state index in [1.807, 2.05) is 0 Å². The van der Waals surface area contributed by atoms with Gasteiger partial charge in [0, 0.05) is 0 Å². The molecule has 82 valence electrons. The number of allylic oxidation sites excluding steroid dienone is 1. The van der Waals surface area contributed by atoms with Crippen molar-refractivity contribution in [3.05, 3.63) is 12.2 Å². The van der Waals surface area contributed by atoms with Gasteiger partial charge in [0.25, 0.3) is 0 Å². The predicted molar refractivity (Wildman–Crippen MR) is 64.3 cm³/mol. The van der Waals surface area contributed by atoms with E-state index in [1.54, 1.807) is 0 Å². The Labute approximate surface area is 89.8 Å². The van der Waals surface area contributed by atoms with Gasteiger partial charge in [-0.05, 0) is 30.1 Å². The Morgan fingerprint density at radius 2 is 2.07 bits per heavy atom. The molecule has 0 amide bonds. The van der Waals surface area contributed by atoms with Gasteiger partial charge in [0.1, 0.15) is 0 Å². The summed E-state index contributed by atoms with van der Waals surface area (Å²) in [6, 6.07) is 0. The molecule has 0 saturated heterocycles. The Hall–Kier alpha value is -0.260. The predicted octanol–water partition coefficient (Wildman–Crippen LogP) is 4.81. The van der Waals surface area contributed by atoms with E-state index in [0.29, 0.717) is 5.41 Å². The van der Waals surface area contributed by atoms with Crippen LogP contribution < -0.4 is 0 Å². The maximum absolute atomic E-state index is 4.31. The van der Waals surface area contributed by atoms with Crippen LogP contribution in [0, 0.1) is 17.3 Å². The van der Waals surface area contributed by atoms with Crippen LogP contribution in [0.2, 0.25) is 0 Å². The molecule has 2 atom stereocenters. The maximum atomic E-state index is 4.31. The smallest absolute Gasteiger partial charge is 0.0129 e. The summed E-state index contributed by atoms with van der Waals surface area (Å²) in [7, 11) is 0. The van der Waals surface area contributed by atoms with Gasteiger partial charge >= 0.3 is 0 Å². The Kier molecular flexibility index (Phi) is 3.80. The Balaban J connectivity index is 2.74. The monoisotopic (exact) mass is 194 g/mol. The second kappa shape index (κ2) is 4.51. The highest BCUT2D eigenvalue weighted by Crippen LogP contribution is 2.47. The van der Waals surface area contributed by atoms with Crippen molar-refractivity contribution in [2.24, 2.45) is 17.3 Å². The highest BCUT2D eigenvalue weighted by Gasteiger charge is 2.37. The lowest BCUT2D eigenvalue weighted by molar-refractivity contribution is 0.111. The fourth-order valence-corrected chi connectivity index (χ4v) is 3.40. The molecule has 0 nitrogen and oxygen atoms in total. The zero-order valence-corrected chi connectivity index (χ0v) is 10.4. The van der Waals surface area contributed by atoms with Gasteiger partial charge in [0.2, 0.25) is 0 Å². The van der Waals surface area contributed by atoms with Gasteiger partial charge in [-0.3, -0.25) is 0 Å². The molecule has 1 aliphatic carbocycles. The minimum Gasteiger partial charge on any atom is -0.0996 e. The van der Waals surface area contributed by atoms with Crippen LogP contribution in [-0.2, 0) is 0 Å². The van der Waals surface area contributed by atoms with Crippen LogP contribution in [0.4, 0.5) is 0 Å². The van der Waals surface area contributed by atoms with Crippen molar-refractivity contribution in [1.29, 1.82) is 0 Å². The maximum Gasteiger partial charge on any atom is -0.0129 e. The molecule has 0 aromatic heterocycles. The molecule has 0 spiro atoms. The zero-order chi connectivity index (χ0) is 10.8. The summed E-state index contributed by atoms with van der Waals surface area (Å²) in [5.41, 5.74) is 1.99. The van der Waals surface area contributed by atoms with Gasteiger partial charge in [-0.1, -0.05) is 59.1 Å². The summed E-state index contributed by atoms with van der Waals surface area (Å²) in [4.78, 5) is 0. The minimum atomic E-state index is 0.490. The van der Waals surface area contributed by atoms with E-state index in [9.17, 15) is 0 Å². The van der Waals surface area contributed by atoms with E-state index in [-0.39, 0.29) is 0 Å². The molecule has 1 fully saturated rings. The Morgan fingerprint density at radius 1 is 1.43 bits per heavy atom. The Morgan fingerprint density at radius 3 is 2.57 bits per heavy atom. The first-order valence-electron chi connectivity index (χ1n) is 6.16. The van der Waals surface area contributed by atoms with Gasteiger partial charge in [-0.25, -0.2) is 0 Å². The third-order valence-electron chi connectivity index (χ3n) is 3.90. The van der Waals surface area contributed by atoms with Crippen LogP contribution in [0.15, 0.2) is 12.2 Å². The molecule has 0 aliphatic heterocycles. The average molecular weight is 194 g/mol. The molecule has 0 heterocycles. The lowest BCUT2D eigenvalue weighted by atomic mass is 9.61. The summed E-state index contributed by atoms with van der Waals surface area (Å²) < 4.78 is 0. The topological polar surface area (TPSA) is 0 Å². The van der Waals surface area contributed by atoms with Gasteiger partial charge < -0.3 is 0 Å². The average Bonchev–Trinajstić information content (AvgIpc) is 2.02. The molecule has 0 N–H and O–H groups in total. The molecule has 14 heavy (non-hydrogen) atoms. The van der Waals surface area contributed by atoms with Crippen molar-refractivity contribution in [3.8, 4) is 0 Å². The summed E-state index contributed by atoms with van der Waals surface area (Å²) in [5, 5.41) is 0. The Bertz CT molecular complexity index is 200. The third kappa shape index (κ3) is 2.40. The highest BCUT2D eigenvalue weighted by atomic mass is 14.4. The van der Waals surface area contributed by atoms with Gasteiger partial charge in [-0.2, -0.15) is 0 Å². The molecule has 0 heteroatoms. The zero-order valence-electron chi connectivity index (χ0n) is 10.4. The summed E-state index contributed by atoms with van der Waals surface area (Å²) >= 11 is 0. The number of hydrogen-bond donors (Lipinski definition) is 0. The van der Waals surface area contributed by atoms with E-state index in [2.05, 4.69) is 34.3 Å². The SMILES string of the molecule is C=C(CCC)C1C(C)CCCC1(C)C. The second-order valence-electron chi connectivity index (χ2n) is 5.74. The van der Waals surface area contributed by atoms with Crippen LogP contribution in [-0.4, -0.2) is 0 Å². The second-order valence-corrected chi connectivity index (χ2v) is 5.74. The number of hydrogen-bond acceptors (Lipinski definition) is 0. The van der Waals surface area contributed by atoms with Crippen molar-refractivity contribution in [3.63, 3.8) is 0 Å². The summed E-state index contributed by atoms with van der Waals surface area (Å²) in [5.74, 6) is 1.61. The molecule has 0 aromatic rings.